The molecule has 1 aromatic rings. The average molecular weight is 262 g/mol. The summed E-state index contributed by atoms with van der Waals surface area (Å²) in [5, 5.41) is 0. The van der Waals surface area contributed by atoms with Crippen molar-refractivity contribution in [2.45, 2.75) is 34.3 Å². The van der Waals surface area contributed by atoms with Crippen molar-refractivity contribution in [2.24, 2.45) is 5.92 Å². The largest absolute Gasteiger partial charge is 0.372 e. The zero-order valence-electron chi connectivity index (χ0n) is 12.2. The number of benzene rings is 1. The fourth-order valence-electron chi connectivity index (χ4n) is 1.47. The van der Waals surface area contributed by atoms with Crippen LogP contribution in [0.1, 0.15) is 33.3 Å². The number of hydrogen-bond donors (Lipinski definition) is 0. The molecule has 0 N–H and O–H groups in total. The van der Waals surface area contributed by atoms with Crippen molar-refractivity contribution in [2.75, 3.05) is 6.61 Å². The van der Waals surface area contributed by atoms with Crippen molar-refractivity contribution in [1.82, 2.24) is 0 Å². The van der Waals surface area contributed by atoms with E-state index in [1.807, 2.05) is 13.0 Å². The monoisotopic (exact) mass is 262 g/mol. The second-order valence-electron chi connectivity index (χ2n) is 5.20. The van der Waals surface area contributed by atoms with Crippen molar-refractivity contribution in [1.29, 1.82) is 0 Å². The Morgan fingerprint density at radius 2 is 2.00 bits per heavy atom. The highest BCUT2D eigenvalue weighted by Crippen LogP contribution is 2.09. The van der Waals surface area contributed by atoms with Gasteiger partial charge in [0.15, 0.2) is 0 Å². The van der Waals surface area contributed by atoms with Crippen molar-refractivity contribution in [3.63, 3.8) is 0 Å². The topological polar surface area (TPSA) is 9.23 Å². The molecule has 0 amide bonds. The summed E-state index contributed by atoms with van der Waals surface area (Å²) in [6.45, 7) is 9.52. The van der Waals surface area contributed by atoms with Gasteiger partial charge in [0.25, 0.3) is 0 Å². The molecule has 1 rings (SSSR count). The van der Waals surface area contributed by atoms with E-state index < -0.39 is 0 Å². The minimum Gasteiger partial charge on any atom is -0.372 e. The van der Waals surface area contributed by atoms with Crippen molar-refractivity contribution in [3.05, 3.63) is 58.9 Å². The molecule has 0 radical (unpaired) electrons. The Morgan fingerprint density at radius 3 is 2.63 bits per heavy atom. The molecule has 0 spiro atoms. The Bertz CT molecular complexity index is 458. The molecule has 0 saturated carbocycles. The third-order valence-electron chi connectivity index (χ3n) is 3.03. The van der Waals surface area contributed by atoms with E-state index in [1.54, 1.807) is 6.07 Å². The van der Waals surface area contributed by atoms with E-state index in [2.05, 4.69) is 32.9 Å². The highest BCUT2D eigenvalue weighted by atomic mass is 19.1. The molecule has 0 aliphatic heterocycles. The summed E-state index contributed by atoms with van der Waals surface area (Å²) >= 11 is 0. The molecule has 0 aromatic heterocycles. The summed E-state index contributed by atoms with van der Waals surface area (Å²) in [5.41, 5.74) is 3.38. The molecule has 0 fully saturated rings. The Labute approximate surface area is 115 Å². The van der Waals surface area contributed by atoms with Gasteiger partial charge in [-0.1, -0.05) is 43.7 Å². The molecular weight excluding hydrogens is 239 g/mol. The number of hydrogen-bond acceptors (Lipinski definition) is 1. The predicted octanol–water partition coefficient (Wildman–Crippen LogP) is 4.89. The van der Waals surface area contributed by atoms with Gasteiger partial charge in [0.2, 0.25) is 0 Å². The molecule has 19 heavy (non-hydrogen) atoms. The number of rotatable bonds is 6. The van der Waals surface area contributed by atoms with E-state index in [0.717, 1.165) is 11.1 Å². The van der Waals surface area contributed by atoms with Gasteiger partial charge in [0.1, 0.15) is 5.82 Å². The van der Waals surface area contributed by atoms with Gasteiger partial charge in [-0.15, -0.1) is 0 Å². The van der Waals surface area contributed by atoms with Crippen molar-refractivity contribution >= 4 is 0 Å². The first kappa shape index (κ1) is 15.6. The lowest BCUT2D eigenvalue weighted by Crippen LogP contribution is -1.97. The highest BCUT2D eigenvalue weighted by molar-refractivity contribution is 5.17. The van der Waals surface area contributed by atoms with Crippen LogP contribution in [0.25, 0.3) is 0 Å². The van der Waals surface area contributed by atoms with Gasteiger partial charge >= 0.3 is 0 Å². The normalized spacial score (nSPS) is 13.2. The van der Waals surface area contributed by atoms with Crippen LogP contribution in [0.15, 0.2) is 47.6 Å². The van der Waals surface area contributed by atoms with Crippen LogP contribution in [0.4, 0.5) is 4.39 Å². The number of ether oxygens (including phenoxy) is 1. The van der Waals surface area contributed by atoms with Gasteiger partial charge in [0, 0.05) is 0 Å². The molecule has 0 bridgehead atoms. The van der Waals surface area contributed by atoms with Crippen LogP contribution < -0.4 is 0 Å². The van der Waals surface area contributed by atoms with Crippen molar-refractivity contribution in [3.8, 4) is 0 Å². The van der Waals surface area contributed by atoms with E-state index in [4.69, 9.17) is 4.74 Å². The summed E-state index contributed by atoms with van der Waals surface area (Å²) in [7, 11) is 0. The molecular formula is C17H23FO. The van der Waals surface area contributed by atoms with E-state index in [1.165, 1.54) is 17.7 Å². The first-order chi connectivity index (χ1) is 8.99. The lowest BCUT2D eigenvalue weighted by Gasteiger charge is -2.06. The first-order valence-corrected chi connectivity index (χ1v) is 6.65. The smallest absolute Gasteiger partial charge is 0.123 e. The van der Waals surface area contributed by atoms with Gasteiger partial charge in [-0.25, -0.2) is 4.39 Å². The summed E-state index contributed by atoms with van der Waals surface area (Å²) < 4.78 is 18.5. The third kappa shape index (κ3) is 6.35. The van der Waals surface area contributed by atoms with E-state index in [-0.39, 0.29) is 5.82 Å². The molecule has 2 heteroatoms. The number of allylic oxidation sites excluding steroid dienone is 3. The quantitative estimate of drug-likeness (QED) is 0.663. The van der Waals surface area contributed by atoms with Gasteiger partial charge < -0.3 is 4.74 Å². The molecule has 104 valence electrons. The van der Waals surface area contributed by atoms with E-state index >= 15 is 0 Å². The SMILES string of the molecule is C/C(=C\C=C(/C)C(C)C)COCc1cccc(F)c1. The Hall–Kier alpha value is -1.41. The minimum absolute atomic E-state index is 0.219. The van der Waals surface area contributed by atoms with E-state index in [0.29, 0.717) is 19.1 Å². The molecule has 1 aromatic carbocycles. The van der Waals surface area contributed by atoms with Crippen LogP contribution in [0.2, 0.25) is 0 Å². The van der Waals surface area contributed by atoms with Crippen LogP contribution in [-0.2, 0) is 11.3 Å². The molecule has 0 unspecified atom stereocenters. The third-order valence-corrected chi connectivity index (χ3v) is 3.03. The average Bonchev–Trinajstić information content (AvgIpc) is 2.36. The second-order valence-corrected chi connectivity index (χ2v) is 5.20. The van der Waals surface area contributed by atoms with Gasteiger partial charge in [0.05, 0.1) is 13.2 Å². The molecule has 0 aliphatic carbocycles. The molecule has 0 atom stereocenters. The Morgan fingerprint density at radius 1 is 1.26 bits per heavy atom. The first-order valence-electron chi connectivity index (χ1n) is 6.65. The van der Waals surface area contributed by atoms with Gasteiger partial charge in [-0.2, -0.15) is 0 Å². The van der Waals surface area contributed by atoms with Crippen LogP contribution in [-0.4, -0.2) is 6.61 Å². The fourth-order valence-corrected chi connectivity index (χ4v) is 1.47. The Balaban J connectivity index is 2.41. The lowest BCUT2D eigenvalue weighted by atomic mass is 10.0. The maximum atomic E-state index is 13.0. The standard InChI is InChI=1S/C17H23FO/c1-13(2)15(4)9-8-14(3)11-19-12-16-6-5-7-17(18)10-16/h5-10,13H,11-12H2,1-4H3/b14-8+,15-9+. The van der Waals surface area contributed by atoms with Gasteiger partial charge in [-0.3, -0.25) is 0 Å². The van der Waals surface area contributed by atoms with Crippen LogP contribution >= 0.6 is 0 Å². The number of halogens is 1. The molecule has 1 nitrogen and oxygen atoms in total. The summed E-state index contributed by atoms with van der Waals surface area (Å²) in [6, 6.07) is 6.51. The van der Waals surface area contributed by atoms with Crippen LogP contribution in [0.3, 0.4) is 0 Å². The second kappa shape index (κ2) is 7.90. The highest BCUT2D eigenvalue weighted by Gasteiger charge is 1.97. The summed E-state index contributed by atoms with van der Waals surface area (Å²) in [5.74, 6) is 0.348. The van der Waals surface area contributed by atoms with Crippen LogP contribution in [0, 0.1) is 11.7 Å². The van der Waals surface area contributed by atoms with Gasteiger partial charge in [-0.05, 0) is 43.0 Å². The molecule has 0 heterocycles. The lowest BCUT2D eigenvalue weighted by molar-refractivity contribution is 0.142. The minimum atomic E-state index is -0.219. The summed E-state index contributed by atoms with van der Waals surface area (Å²) in [6.07, 6.45) is 4.21. The fraction of sp³-hybridized carbons (Fsp3) is 0.412. The van der Waals surface area contributed by atoms with E-state index in [9.17, 15) is 4.39 Å². The maximum Gasteiger partial charge on any atom is 0.123 e. The molecule has 0 saturated heterocycles. The summed E-state index contributed by atoms with van der Waals surface area (Å²) in [4.78, 5) is 0. The maximum absolute atomic E-state index is 13.0. The Kier molecular flexibility index (Phi) is 6.51. The predicted molar refractivity (Wildman–Crippen MR) is 78.4 cm³/mol. The zero-order valence-corrected chi connectivity index (χ0v) is 12.2. The van der Waals surface area contributed by atoms with Crippen LogP contribution in [0.5, 0.6) is 0 Å². The molecule has 0 aliphatic rings. The van der Waals surface area contributed by atoms with Crippen molar-refractivity contribution < 1.29 is 9.13 Å². The zero-order chi connectivity index (χ0) is 14.3.